The van der Waals surface area contributed by atoms with E-state index < -0.39 is 0 Å². The van der Waals surface area contributed by atoms with E-state index in [-0.39, 0.29) is 7.43 Å². The van der Waals surface area contributed by atoms with Gasteiger partial charge in [-0.25, -0.2) is 0 Å². The Hall–Kier alpha value is -12.7. The zero-order valence-electron chi connectivity index (χ0n) is 77.5. The maximum Gasteiger partial charge on any atom is 0.0536 e. The lowest BCUT2D eigenvalue weighted by Crippen LogP contribution is -2.01. The van der Waals surface area contributed by atoms with Crippen LogP contribution in [-0.2, 0) is 32.1 Å². The SMILES string of the molecule is C.CC.CC.CC.CC.CC.CC(C)n1c2ccccc2c2c3c(ccc21)-c1ccccc1C3.CC(C)n1c2ccccc2c2c3c(ccc21)Cc1ccccc1-3.CC(C)n1c2ccccc2c2cc3c(cc21)-c1ccccc1C3.CC(C)n1c2ccccc2c2cc3c(cc21)Cc1ccccc1-3.CC(C)n1c2ccccc2c2ccc3c(c21)Cc1ccccc1-3. The molecule has 5 heteroatoms. The molecule has 5 aliphatic rings. The molecule has 20 aromatic rings. The first-order valence-corrected chi connectivity index (χ1v) is 46.9. The minimum atomic E-state index is 0. The van der Waals surface area contributed by atoms with Crippen LogP contribution < -0.4 is 0 Å². The Kier molecular flexibility index (Phi) is 26.3. The van der Waals surface area contributed by atoms with Gasteiger partial charge in [0.2, 0.25) is 0 Å². The molecule has 0 radical (unpaired) electrons. The van der Waals surface area contributed by atoms with Crippen LogP contribution in [0.3, 0.4) is 0 Å². The van der Waals surface area contributed by atoms with Gasteiger partial charge >= 0.3 is 0 Å². The molecule has 0 aliphatic heterocycles. The quantitative estimate of drug-likeness (QED) is 0.164. The summed E-state index contributed by atoms with van der Waals surface area (Å²) in [7, 11) is 0. The fraction of sp³-hybridized carbons (Fsp3) is 0.256. The van der Waals surface area contributed by atoms with Gasteiger partial charge in [-0.1, -0.05) is 313 Å². The molecule has 126 heavy (non-hydrogen) atoms. The van der Waals surface area contributed by atoms with E-state index in [4.69, 9.17) is 0 Å². The third-order valence-corrected chi connectivity index (χ3v) is 25.8. The molecule has 15 aromatic carbocycles. The highest BCUT2D eigenvalue weighted by Gasteiger charge is 2.30. The Morgan fingerprint density at radius 1 is 0.183 bits per heavy atom. The van der Waals surface area contributed by atoms with E-state index in [1.165, 1.54) is 220 Å². The summed E-state index contributed by atoms with van der Waals surface area (Å²) in [6.07, 6.45) is 5.27. The van der Waals surface area contributed by atoms with E-state index >= 15 is 0 Å². The van der Waals surface area contributed by atoms with Crippen LogP contribution in [0, 0.1) is 0 Å². The summed E-state index contributed by atoms with van der Waals surface area (Å²) in [5.41, 5.74) is 42.4. The van der Waals surface area contributed by atoms with Gasteiger partial charge in [-0.3, -0.25) is 0 Å². The van der Waals surface area contributed by atoms with Crippen LogP contribution >= 0.6 is 0 Å². The van der Waals surface area contributed by atoms with Gasteiger partial charge in [-0.15, -0.1) is 0 Å². The summed E-state index contributed by atoms with van der Waals surface area (Å²) in [6, 6.07) is 114. The van der Waals surface area contributed by atoms with Crippen molar-refractivity contribution in [2.24, 2.45) is 0 Å². The normalized spacial score (nSPS) is 12.1. The van der Waals surface area contributed by atoms with Crippen molar-refractivity contribution in [2.45, 2.75) is 208 Å². The largest absolute Gasteiger partial charge is 0.338 e. The summed E-state index contributed by atoms with van der Waals surface area (Å²) in [6.45, 7) is 42.7. The topological polar surface area (TPSA) is 24.6 Å². The Bertz CT molecular complexity index is 7310. The monoisotopic (exact) mass is 1650 g/mol. The Morgan fingerprint density at radius 2 is 0.484 bits per heavy atom. The summed E-state index contributed by atoms with van der Waals surface area (Å²) >= 11 is 0. The van der Waals surface area contributed by atoms with Crippen molar-refractivity contribution in [3.05, 3.63) is 359 Å². The van der Waals surface area contributed by atoms with E-state index in [2.05, 4.69) is 395 Å². The molecule has 0 bridgehead atoms. The van der Waals surface area contributed by atoms with Gasteiger partial charge < -0.3 is 22.8 Å². The molecule has 0 saturated carbocycles. The smallest absolute Gasteiger partial charge is 0.0536 e. The number of para-hydroxylation sites is 5. The predicted octanol–water partition coefficient (Wildman–Crippen LogP) is 35.5. The van der Waals surface area contributed by atoms with Gasteiger partial charge in [-0.2, -0.15) is 0 Å². The summed E-state index contributed by atoms with van der Waals surface area (Å²) in [5.74, 6) is 0. The average molecular weight is 1650 g/mol. The van der Waals surface area contributed by atoms with Gasteiger partial charge in [0.1, 0.15) is 0 Å². The highest BCUT2D eigenvalue weighted by atomic mass is 15.0. The second-order valence-corrected chi connectivity index (χ2v) is 34.1. The molecule has 0 N–H and O–H groups in total. The molecule has 638 valence electrons. The second-order valence-electron chi connectivity index (χ2n) is 34.1. The molecule has 0 fully saturated rings. The Labute approximate surface area is 749 Å². The summed E-state index contributed by atoms with van der Waals surface area (Å²) in [5, 5.41) is 13.9. The van der Waals surface area contributed by atoms with Crippen molar-refractivity contribution < 1.29 is 0 Å². The predicted molar refractivity (Wildman–Crippen MR) is 554 cm³/mol. The zero-order chi connectivity index (χ0) is 87.8. The van der Waals surface area contributed by atoms with Crippen molar-refractivity contribution in [1.82, 2.24) is 22.8 Å². The molecule has 0 amide bonds. The van der Waals surface area contributed by atoms with Crippen molar-refractivity contribution in [3.63, 3.8) is 0 Å². The van der Waals surface area contributed by atoms with Gasteiger partial charge in [0.15, 0.2) is 0 Å². The standard InChI is InChI=1S/5C22H19N.5C2H6.CH4/c1-14(2)23-21-10-6-5-9-18(21)20-13-19-16(12-22(20)23)11-15-7-3-4-8-17(15)19;1-14(2)23-21-10-6-5-9-18(21)20-12-16-11-15-7-3-4-8-17(15)19(16)13-22(20)23;1-14(2)23-19-10-6-5-9-18(19)22-20(23)12-11-16-13-15-7-3-4-8-17(15)21(16)22;1-14(2)23-20-10-6-5-9-18(20)22-19-13-15-7-3-4-8-16(15)17(19)11-12-21(22)23;1-14(2)23-21-10-6-5-9-18(21)19-12-11-17-16-8-4-3-7-15(16)13-20(17)22(19)23;5*1-2;/h2*3-10,12-14H,11H2,1-2H3;3*3-12,14H,13H2,1-2H3;5*1-2H3;1H4. The lowest BCUT2D eigenvalue weighted by molar-refractivity contribution is 0.641. The molecule has 0 saturated heterocycles. The zero-order valence-corrected chi connectivity index (χ0v) is 77.5. The number of hydrogen-bond donors (Lipinski definition) is 0. The van der Waals surface area contributed by atoms with Gasteiger partial charge in [0.05, 0.1) is 5.52 Å². The third kappa shape index (κ3) is 15.0. The van der Waals surface area contributed by atoms with E-state index in [9.17, 15) is 0 Å². The van der Waals surface area contributed by atoms with Crippen LogP contribution in [-0.4, -0.2) is 22.8 Å². The maximum atomic E-state index is 2.52. The van der Waals surface area contributed by atoms with Gasteiger partial charge in [0, 0.05) is 140 Å². The van der Waals surface area contributed by atoms with Crippen LogP contribution in [0.25, 0.3) is 165 Å². The molecule has 0 atom stereocenters. The lowest BCUT2D eigenvalue weighted by Gasteiger charge is -2.14. The fourth-order valence-electron chi connectivity index (χ4n) is 21.2. The molecular weight excluding hydrogens is 1520 g/mol. The Morgan fingerprint density at radius 3 is 0.960 bits per heavy atom. The van der Waals surface area contributed by atoms with Crippen LogP contribution in [0.5, 0.6) is 0 Å². The molecule has 0 spiro atoms. The third-order valence-electron chi connectivity index (χ3n) is 25.8. The average Bonchev–Trinajstić information content (AvgIpc) is 1.85. The molecule has 25 rings (SSSR count). The number of fused-ring (bicyclic) bond motifs is 33. The molecule has 5 aliphatic carbocycles. The van der Waals surface area contributed by atoms with Gasteiger partial charge in [-0.05, 0) is 273 Å². The van der Waals surface area contributed by atoms with Crippen molar-refractivity contribution >= 4 is 109 Å². The highest BCUT2D eigenvalue weighted by Crippen LogP contribution is 2.51. The van der Waals surface area contributed by atoms with Crippen molar-refractivity contribution in [1.29, 1.82) is 0 Å². The molecule has 5 heterocycles. The van der Waals surface area contributed by atoms with Crippen molar-refractivity contribution in [2.75, 3.05) is 0 Å². The minimum absolute atomic E-state index is 0. The first kappa shape index (κ1) is 88.2. The second kappa shape index (κ2) is 37.6. The molecule has 5 nitrogen and oxygen atoms in total. The lowest BCUT2D eigenvalue weighted by atomic mass is 9.99. The number of aromatic nitrogens is 5. The number of benzene rings is 15. The summed E-state index contributed by atoms with van der Waals surface area (Å²) in [4.78, 5) is 0. The summed E-state index contributed by atoms with van der Waals surface area (Å²) < 4.78 is 12.4. The van der Waals surface area contributed by atoms with Crippen LogP contribution in [0.1, 0.15) is 232 Å². The molecular formula is C121H129N5. The minimum Gasteiger partial charge on any atom is -0.338 e. The van der Waals surface area contributed by atoms with Crippen molar-refractivity contribution in [3.8, 4) is 55.6 Å². The number of hydrogen-bond acceptors (Lipinski definition) is 0. The Balaban J connectivity index is 0.000000118. The molecule has 5 aromatic heterocycles. The van der Waals surface area contributed by atoms with Crippen LogP contribution in [0.2, 0.25) is 0 Å². The van der Waals surface area contributed by atoms with E-state index in [1.807, 2.05) is 69.2 Å². The molecule has 0 unspecified atom stereocenters. The first-order chi connectivity index (χ1) is 61.2. The van der Waals surface area contributed by atoms with E-state index in [1.54, 1.807) is 0 Å². The van der Waals surface area contributed by atoms with E-state index in [0.717, 1.165) is 32.1 Å². The highest BCUT2D eigenvalue weighted by molar-refractivity contribution is 6.18. The van der Waals surface area contributed by atoms with Gasteiger partial charge in [0.25, 0.3) is 0 Å². The first-order valence-electron chi connectivity index (χ1n) is 46.9. The van der Waals surface area contributed by atoms with Crippen LogP contribution in [0.15, 0.2) is 303 Å². The maximum absolute atomic E-state index is 2.52. The number of nitrogens with zero attached hydrogens (tertiary/aromatic N) is 5. The van der Waals surface area contributed by atoms with Crippen LogP contribution in [0.4, 0.5) is 0 Å². The number of rotatable bonds is 5. The van der Waals surface area contributed by atoms with E-state index in [0.29, 0.717) is 30.2 Å². The fourth-order valence-corrected chi connectivity index (χ4v) is 21.2.